The van der Waals surface area contributed by atoms with Crippen LogP contribution < -0.4 is 10.6 Å². The van der Waals surface area contributed by atoms with Crippen molar-refractivity contribution in [1.82, 2.24) is 15.2 Å². The molecule has 2 aromatic rings. The summed E-state index contributed by atoms with van der Waals surface area (Å²) in [5.74, 6) is 0.277. The third-order valence-electron chi connectivity index (χ3n) is 8.49. The van der Waals surface area contributed by atoms with E-state index in [-0.39, 0.29) is 29.3 Å². The topological polar surface area (TPSA) is 89.4 Å². The van der Waals surface area contributed by atoms with Crippen molar-refractivity contribution in [3.63, 3.8) is 0 Å². The van der Waals surface area contributed by atoms with Crippen LogP contribution in [-0.2, 0) is 21.5 Å². The van der Waals surface area contributed by atoms with Gasteiger partial charge in [-0.25, -0.2) is 0 Å². The zero-order chi connectivity index (χ0) is 29.3. The van der Waals surface area contributed by atoms with E-state index in [1.54, 1.807) is 13.8 Å². The third kappa shape index (κ3) is 7.15. The van der Waals surface area contributed by atoms with Crippen molar-refractivity contribution < 1.29 is 19.1 Å². The van der Waals surface area contributed by atoms with E-state index in [4.69, 9.17) is 4.74 Å². The summed E-state index contributed by atoms with van der Waals surface area (Å²) in [6.45, 7) is 15.2. The molecule has 0 spiro atoms. The molecule has 0 unspecified atom stereocenters. The van der Waals surface area contributed by atoms with Gasteiger partial charge in [-0.05, 0) is 114 Å². The van der Waals surface area contributed by atoms with E-state index >= 15 is 0 Å². The molecule has 2 aliphatic rings. The molecule has 4 rings (SSSR count). The lowest BCUT2D eigenvalue weighted by atomic mass is 9.89. The summed E-state index contributed by atoms with van der Waals surface area (Å²) >= 11 is 0. The van der Waals surface area contributed by atoms with Crippen LogP contribution in [0, 0.1) is 12.8 Å². The number of benzene rings is 1. The van der Waals surface area contributed by atoms with Gasteiger partial charge < -0.3 is 19.9 Å². The lowest BCUT2D eigenvalue weighted by molar-refractivity contribution is -0.139. The van der Waals surface area contributed by atoms with Gasteiger partial charge >= 0.3 is 0 Å². The summed E-state index contributed by atoms with van der Waals surface area (Å²) in [7, 11) is 0. The summed E-state index contributed by atoms with van der Waals surface area (Å²) < 4.78 is 7.42. The quantitative estimate of drug-likeness (QED) is 0.340. The largest absolute Gasteiger partial charge is 0.460 e. The van der Waals surface area contributed by atoms with E-state index < -0.39 is 5.60 Å². The second-order valence-corrected chi connectivity index (χ2v) is 13.9. The highest BCUT2D eigenvalue weighted by Gasteiger charge is 2.40. The van der Waals surface area contributed by atoms with Crippen LogP contribution in [0.1, 0.15) is 118 Å². The van der Waals surface area contributed by atoms with E-state index in [9.17, 15) is 14.4 Å². The van der Waals surface area contributed by atoms with Crippen molar-refractivity contribution >= 4 is 18.3 Å². The molecule has 2 N–H and O–H groups in total. The second-order valence-electron chi connectivity index (χ2n) is 13.9. The van der Waals surface area contributed by atoms with Gasteiger partial charge in [0.1, 0.15) is 5.60 Å². The first kappa shape index (κ1) is 29.9. The fraction of sp³-hybridized carbons (Fsp3) is 0.606. The van der Waals surface area contributed by atoms with Gasteiger partial charge in [0.15, 0.2) is 0 Å². The van der Waals surface area contributed by atoms with Crippen molar-refractivity contribution in [1.29, 1.82) is 0 Å². The van der Waals surface area contributed by atoms with Crippen molar-refractivity contribution in [3.05, 3.63) is 46.6 Å². The lowest BCUT2D eigenvalue weighted by Gasteiger charge is -2.25. The predicted molar refractivity (Wildman–Crippen MR) is 159 cm³/mol. The highest BCUT2D eigenvalue weighted by Crippen LogP contribution is 2.48. The smallest absolute Gasteiger partial charge is 0.293 e. The van der Waals surface area contributed by atoms with Crippen LogP contribution in [0.4, 0.5) is 0 Å². The summed E-state index contributed by atoms with van der Waals surface area (Å²) in [5, 5.41) is 6.08. The van der Waals surface area contributed by atoms with Crippen LogP contribution in [0.25, 0.3) is 11.3 Å². The van der Waals surface area contributed by atoms with Crippen LogP contribution in [0.2, 0.25) is 0 Å². The average Bonchev–Trinajstić information content (AvgIpc) is 3.56. The Kier molecular flexibility index (Phi) is 8.53. The number of carbonyl (C=O) groups excluding carboxylic acids is 3. The molecule has 0 atom stereocenters. The Morgan fingerprint density at radius 1 is 1.02 bits per heavy atom. The van der Waals surface area contributed by atoms with Crippen molar-refractivity contribution in [2.24, 2.45) is 5.92 Å². The minimum atomic E-state index is -0.803. The highest BCUT2D eigenvalue weighted by atomic mass is 16.5. The van der Waals surface area contributed by atoms with Gasteiger partial charge in [-0.2, -0.15) is 0 Å². The van der Waals surface area contributed by atoms with E-state index in [2.05, 4.69) is 28.2 Å². The van der Waals surface area contributed by atoms with Gasteiger partial charge in [-0.15, -0.1) is 0 Å². The first-order valence-corrected chi connectivity index (χ1v) is 14.8. The van der Waals surface area contributed by atoms with E-state index in [0.29, 0.717) is 23.5 Å². The Balaban J connectivity index is 1.77. The third-order valence-corrected chi connectivity index (χ3v) is 8.49. The van der Waals surface area contributed by atoms with Gasteiger partial charge in [-0.1, -0.05) is 26.2 Å². The molecule has 1 heterocycles. The van der Waals surface area contributed by atoms with Gasteiger partial charge in [0.05, 0.1) is 12.1 Å². The van der Waals surface area contributed by atoms with Gasteiger partial charge in [-0.3, -0.25) is 14.4 Å². The molecule has 1 aromatic heterocycles. The molecular formula is C33H47N3O4. The lowest BCUT2D eigenvalue weighted by Crippen LogP contribution is -2.40. The number of ether oxygens (including phenoxy) is 1. The maximum absolute atomic E-state index is 13.4. The molecule has 0 radical (unpaired) electrons. The van der Waals surface area contributed by atoms with Crippen LogP contribution >= 0.6 is 0 Å². The zero-order valence-corrected chi connectivity index (χ0v) is 25.4. The van der Waals surface area contributed by atoms with E-state index in [1.807, 2.05) is 45.9 Å². The van der Waals surface area contributed by atoms with E-state index in [0.717, 1.165) is 36.3 Å². The van der Waals surface area contributed by atoms with Crippen LogP contribution in [0.3, 0.4) is 0 Å². The number of rotatable bonds is 10. The van der Waals surface area contributed by atoms with Gasteiger partial charge in [0.25, 0.3) is 18.3 Å². The van der Waals surface area contributed by atoms with Gasteiger partial charge in [0.2, 0.25) is 0 Å². The Labute approximate surface area is 239 Å². The number of nitrogens with zero attached hydrogens (tertiary/aromatic N) is 1. The fourth-order valence-electron chi connectivity index (χ4n) is 5.68. The Hall–Kier alpha value is -3.09. The summed E-state index contributed by atoms with van der Waals surface area (Å²) in [6.07, 6.45) is 8.35. The number of hydrogen-bond acceptors (Lipinski definition) is 4. The van der Waals surface area contributed by atoms with E-state index in [1.165, 1.54) is 37.7 Å². The van der Waals surface area contributed by atoms with Crippen LogP contribution in [-0.4, -0.2) is 40.5 Å². The van der Waals surface area contributed by atoms with Crippen LogP contribution in [0.5, 0.6) is 0 Å². The minimum Gasteiger partial charge on any atom is -0.460 e. The number of hydrogen-bond donors (Lipinski definition) is 2. The highest BCUT2D eigenvalue weighted by molar-refractivity contribution is 5.98. The SMILES string of the molecule is Cc1c(C(=O)NCC(C)(C)OC=O)cc(-c2cc(C(=O)NC(C)(C)C)cc(C3(C)CC3)c2)n1CC1CCCCC1. The number of nitrogens with one attached hydrogen (secondary N) is 2. The number of amides is 2. The maximum atomic E-state index is 13.4. The molecule has 7 heteroatoms. The Morgan fingerprint density at radius 2 is 1.70 bits per heavy atom. The average molecular weight is 550 g/mol. The van der Waals surface area contributed by atoms with Gasteiger partial charge in [0, 0.05) is 29.0 Å². The molecule has 218 valence electrons. The first-order valence-electron chi connectivity index (χ1n) is 14.8. The molecule has 2 aliphatic carbocycles. The number of aromatic nitrogens is 1. The molecule has 40 heavy (non-hydrogen) atoms. The summed E-state index contributed by atoms with van der Waals surface area (Å²) in [5.41, 5.74) is 4.20. The minimum absolute atomic E-state index is 0.0764. The molecular weight excluding hydrogens is 502 g/mol. The molecule has 2 fully saturated rings. The fourth-order valence-corrected chi connectivity index (χ4v) is 5.68. The van der Waals surface area contributed by atoms with Crippen LogP contribution in [0.15, 0.2) is 24.3 Å². The summed E-state index contributed by atoms with van der Waals surface area (Å²) in [6, 6.07) is 8.21. The van der Waals surface area contributed by atoms with Crippen molar-refractivity contribution in [2.75, 3.05) is 6.54 Å². The maximum Gasteiger partial charge on any atom is 0.293 e. The second kappa shape index (κ2) is 11.4. The predicted octanol–water partition coefficient (Wildman–Crippen LogP) is 6.31. The zero-order valence-electron chi connectivity index (χ0n) is 25.4. The summed E-state index contributed by atoms with van der Waals surface area (Å²) in [4.78, 5) is 37.7. The molecule has 2 amide bonds. The molecule has 2 saturated carbocycles. The molecule has 0 aliphatic heterocycles. The Bertz CT molecular complexity index is 1260. The molecule has 1 aromatic carbocycles. The number of carbonyl (C=O) groups is 3. The monoisotopic (exact) mass is 549 g/mol. The molecule has 0 saturated heterocycles. The Morgan fingerprint density at radius 3 is 2.30 bits per heavy atom. The van der Waals surface area contributed by atoms with Crippen molar-refractivity contribution in [3.8, 4) is 11.3 Å². The normalized spacial score (nSPS) is 17.3. The van der Waals surface area contributed by atoms with Crippen molar-refractivity contribution in [2.45, 2.75) is 117 Å². The first-order chi connectivity index (χ1) is 18.7. The molecule has 7 nitrogen and oxygen atoms in total. The molecule has 0 bridgehead atoms. The standard InChI is InChI=1S/C33H47N3O4/c1-22-27(30(39)34-20-32(5,6)40-21-37)18-28(36(22)19-23-11-9-8-10-12-23)24-15-25(29(38)35-31(2,3)4)17-26(16-24)33(7)13-14-33/h15-18,21,23H,8-14,19-20H2,1-7H3,(H,34,39)(H,35,38).